The number of benzene rings is 4. The molecule has 3 saturated carbocycles. The molecule has 3 heteroatoms. The first-order valence-electron chi connectivity index (χ1n) is 19.5. The molecule has 3 aliphatic carbocycles. The van der Waals surface area contributed by atoms with Crippen LogP contribution in [0.5, 0.6) is 0 Å². The molecule has 4 aromatic carbocycles. The third-order valence-electron chi connectivity index (χ3n) is 12.5. The molecular weight excluding hydrogens is 669 g/mol. The van der Waals surface area contributed by atoms with Crippen LogP contribution in [0, 0.1) is 13.0 Å². The monoisotopic (exact) mass is 724 g/mol. The average molecular weight is 725 g/mol. The molecule has 253 valence electrons. The number of rotatable bonds is 7. The number of hydrogen-bond acceptors (Lipinski definition) is 2. The van der Waals surface area contributed by atoms with Crippen molar-refractivity contribution in [1.82, 2.24) is 0 Å². The Balaban J connectivity index is 0.00000378. The van der Waals surface area contributed by atoms with E-state index in [1.54, 1.807) is 11.1 Å². The molecule has 1 radical (unpaired) electrons. The second-order valence-corrected chi connectivity index (χ2v) is 15.6. The minimum Gasteiger partial charge on any atom is -0.366 e. The third-order valence-corrected chi connectivity index (χ3v) is 12.5. The van der Waals surface area contributed by atoms with Gasteiger partial charge in [-0.1, -0.05) is 155 Å². The summed E-state index contributed by atoms with van der Waals surface area (Å²) in [6, 6.07) is 39.1. The molecule has 0 spiro atoms. The van der Waals surface area contributed by atoms with Gasteiger partial charge in [-0.2, -0.15) is 18.2 Å². The number of aryl methyl sites for hydroxylation is 1. The van der Waals surface area contributed by atoms with E-state index in [9.17, 15) is 0 Å². The van der Waals surface area contributed by atoms with Crippen LogP contribution in [-0.4, -0.2) is 6.67 Å². The van der Waals surface area contributed by atoms with Crippen molar-refractivity contribution in [3.8, 4) is 0 Å². The van der Waals surface area contributed by atoms with Gasteiger partial charge >= 0.3 is 0 Å². The maximum absolute atomic E-state index is 3.52. The van der Waals surface area contributed by atoms with Gasteiger partial charge in [0.25, 0.3) is 0 Å². The fourth-order valence-electron chi connectivity index (χ4n) is 10.2. The third kappa shape index (κ3) is 7.34. The molecule has 0 amide bonds. The Bertz CT molecular complexity index is 1630. The smallest absolute Gasteiger partial charge is 0.0897 e. The Morgan fingerprint density at radius 3 is 1.61 bits per heavy atom. The van der Waals surface area contributed by atoms with E-state index in [4.69, 9.17) is 0 Å². The van der Waals surface area contributed by atoms with E-state index in [0.717, 1.165) is 12.6 Å². The van der Waals surface area contributed by atoms with Crippen molar-refractivity contribution in [3.05, 3.63) is 130 Å². The molecule has 2 nitrogen and oxygen atoms in total. The summed E-state index contributed by atoms with van der Waals surface area (Å²) in [5.74, 6) is 2.01. The zero-order valence-electron chi connectivity index (χ0n) is 29.8. The first kappa shape index (κ1) is 35.0. The summed E-state index contributed by atoms with van der Waals surface area (Å²) in [5, 5.41) is 0. The molecule has 8 rings (SSSR count). The molecule has 49 heavy (non-hydrogen) atoms. The van der Waals surface area contributed by atoms with Gasteiger partial charge in [0.2, 0.25) is 0 Å². The molecule has 1 saturated heterocycles. The van der Waals surface area contributed by atoms with Crippen LogP contribution in [-0.2, 0) is 32.7 Å². The van der Waals surface area contributed by atoms with E-state index in [2.05, 4.69) is 114 Å². The van der Waals surface area contributed by atoms with Gasteiger partial charge in [0.05, 0.1) is 18.8 Å². The Morgan fingerprint density at radius 2 is 1.04 bits per heavy atom. The van der Waals surface area contributed by atoms with Crippen LogP contribution in [0.2, 0.25) is 0 Å². The molecule has 0 aromatic heterocycles. The van der Waals surface area contributed by atoms with Gasteiger partial charge in [0, 0.05) is 38.4 Å². The van der Waals surface area contributed by atoms with Crippen LogP contribution in [0.25, 0.3) is 0 Å². The maximum atomic E-state index is 3.52. The Kier molecular flexibility index (Phi) is 11.6. The van der Waals surface area contributed by atoms with E-state index in [0.29, 0.717) is 11.8 Å². The molecule has 4 fully saturated rings. The van der Waals surface area contributed by atoms with Gasteiger partial charge < -0.3 is 9.80 Å². The molecule has 0 N–H and O–H groups in total. The van der Waals surface area contributed by atoms with Gasteiger partial charge in [-0.25, -0.2) is 0 Å². The van der Waals surface area contributed by atoms with E-state index >= 15 is 0 Å². The van der Waals surface area contributed by atoms with Crippen molar-refractivity contribution in [2.45, 2.75) is 133 Å². The standard InChI is InChI=1S/C46H55N2.Y/c1-34-31-40(35-19-7-2-8-20-35)32-42(37-23-11-4-12-24-37)44(34)48-33-47(43-30-18-17-29-41(43)36-21-9-3-10-22-36)45(38-25-13-5-14-26-38)46(48)39-27-15-6-16-28-39;/h5-6,13-16,18,25-32,35-37,45-46H,2-4,7-12,19-24,33H2,1H3;/q-1;/t45-,46-;/m0./s1. The Labute approximate surface area is 322 Å². The fraction of sp³-hybridized carbons (Fsp3) is 0.478. The summed E-state index contributed by atoms with van der Waals surface area (Å²) in [7, 11) is 0. The fourth-order valence-corrected chi connectivity index (χ4v) is 10.2. The minimum atomic E-state index is 0. The van der Waals surface area contributed by atoms with Crippen LogP contribution >= 0.6 is 0 Å². The summed E-state index contributed by atoms with van der Waals surface area (Å²) >= 11 is 0. The van der Waals surface area contributed by atoms with E-state index in [1.165, 1.54) is 130 Å². The summed E-state index contributed by atoms with van der Waals surface area (Å²) in [5.41, 5.74) is 12.1. The molecule has 1 aliphatic heterocycles. The first-order valence-corrected chi connectivity index (χ1v) is 19.5. The van der Waals surface area contributed by atoms with Gasteiger partial charge in [0.15, 0.2) is 0 Å². The molecule has 0 bridgehead atoms. The van der Waals surface area contributed by atoms with E-state index in [1.807, 2.05) is 0 Å². The Morgan fingerprint density at radius 1 is 0.531 bits per heavy atom. The second kappa shape index (κ2) is 16.3. The van der Waals surface area contributed by atoms with Crippen LogP contribution in [0.3, 0.4) is 0 Å². The van der Waals surface area contributed by atoms with Crippen molar-refractivity contribution >= 4 is 11.4 Å². The topological polar surface area (TPSA) is 6.48 Å². The predicted molar refractivity (Wildman–Crippen MR) is 202 cm³/mol. The largest absolute Gasteiger partial charge is 0.366 e. The number of hydrogen-bond donors (Lipinski definition) is 0. The van der Waals surface area contributed by atoms with Gasteiger partial charge in [0.1, 0.15) is 0 Å². The van der Waals surface area contributed by atoms with Gasteiger partial charge in [-0.15, -0.1) is 11.6 Å². The predicted octanol–water partition coefficient (Wildman–Crippen LogP) is 12.7. The molecule has 4 aromatic rings. The van der Waals surface area contributed by atoms with Gasteiger partial charge in [-0.3, -0.25) is 0 Å². The van der Waals surface area contributed by atoms with Crippen molar-refractivity contribution < 1.29 is 32.7 Å². The molecule has 2 atom stereocenters. The summed E-state index contributed by atoms with van der Waals surface area (Å²) in [4.78, 5) is 5.65. The first-order chi connectivity index (χ1) is 23.8. The Hall–Kier alpha value is -2.42. The second-order valence-electron chi connectivity index (χ2n) is 15.6. The van der Waals surface area contributed by atoms with Crippen LogP contribution in [0.4, 0.5) is 11.4 Å². The van der Waals surface area contributed by atoms with Crippen molar-refractivity contribution in [2.75, 3.05) is 16.5 Å². The molecular formula is C46H55N2Y-. The SMILES string of the molecule is Cc1cc(C2CCCCC2)cc(C2CCCCC2)c1N1CN(c2cc[c-]cc2C2CCCCC2)[C@@H](c2ccccc2)[C@@H]1c1ccccc1.[Y]. The minimum absolute atomic E-state index is 0. The van der Waals surface area contributed by atoms with Crippen LogP contribution in [0.1, 0.15) is 160 Å². The quantitative estimate of drug-likeness (QED) is 0.175. The number of nitrogens with zero attached hydrogens (tertiary/aromatic N) is 2. The van der Waals surface area contributed by atoms with Crippen molar-refractivity contribution in [2.24, 2.45) is 0 Å². The molecule has 1 heterocycles. The number of anilines is 2. The molecule has 4 aliphatic rings. The van der Waals surface area contributed by atoms with Crippen LogP contribution in [0.15, 0.2) is 91.0 Å². The summed E-state index contributed by atoms with van der Waals surface area (Å²) in [6.07, 6.45) is 20.3. The zero-order valence-corrected chi connectivity index (χ0v) is 32.7. The maximum Gasteiger partial charge on any atom is 0.0897 e. The van der Waals surface area contributed by atoms with Crippen molar-refractivity contribution in [3.63, 3.8) is 0 Å². The average Bonchev–Trinajstić information content (AvgIpc) is 3.56. The molecule has 0 unspecified atom stereocenters. The summed E-state index contributed by atoms with van der Waals surface area (Å²) in [6.45, 7) is 3.34. The summed E-state index contributed by atoms with van der Waals surface area (Å²) < 4.78 is 0. The zero-order chi connectivity index (χ0) is 32.3. The van der Waals surface area contributed by atoms with Crippen LogP contribution < -0.4 is 9.80 Å². The van der Waals surface area contributed by atoms with Crippen molar-refractivity contribution in [1.29, 1.82) is 0 Å². The van der Waals surface area contributed by atoms with E-state index < -0.39 is 0 Å². The van der Waals surface area contributed by atoms with Gasteiger partial charge in [-0.05, 0) is 72.3 Å². The normalized spacial score (nSPS) is 22.6. The van der Waals surface area contributed by atoms with E-state index in [-0.39, 0.29) is 44.8 Å².